The number of alkyl halides is 2. The Kier molecular flexibility index (Phi) is 5.48. The normalized spacial score (nSPS) is 11.6. The number of nitrogens with zero attached hydrogens (tertiary/aromatic N) is 2. The molecule has 0 amide bonds. The monoisotopic (exact) mass is 404 g/mol. The third-order valence-corrected chi connectivity index (χ3v) is 5.18. The third-order valence-electron chi connectivity index (χ3n) is 5.18. The summed E-state index contributed by atoms with van der Waals surface area (Å²) in [6.07, 6.45) is -1.66. The van der Waals surface area contributed by atoms with E-state index in [2.05, 4.69) is 5.10 Å². The molecule has 0 atom stereocenters. The minimum Gasteiger partial charge on any atom is -0.423 e. The smallest absolute Gasteiger partial charge is 0.423 e. The van der Waals surface area contributed by atoms with Gasteiger partial charge in [-0.05, 0) is 16.7 Å². The van der Waals surface area contributed by atoms with Crippen molar-refractivity contribution in [1.82, 2.24) is 9.78 Å². The lowest BCUT2D eigenvalue weighted by atomic mass is 9.76. The Morgan fingerprint density at radius 2 is 1.13 bits per heavy atom. The molecule has 7 heteroatoms. The molecule has 2 N–H and O–H groups in total. The molecule has 1 aromatic heterocycles. The Bertz CT molecular complexity index is 982. The number of rotatable bonds is 6. The van der Waals surface area contributed by atoms with Crippen LogP contribution in [0.25, 0.3) is 0 Å². The van der Waals surface area contributed by atoms with Gasteiger partial charge in [0.25, 0.3) is 6.43 Å². The van der Waals surface area contributed by atoms with E-state index in [1.807, 2.05) is 91.0 Å². The van der Waals surface area contributed by atoms with Crippen LogP contribution in [0.3, 0.4) is 0 Å². The van der Waals surface area contributed by atoms with Gasteiger partial charge in [0.1, 0.15) is 11.2 Å². The lowest BCUT2D eigenvalue weighted by molar-refractivity contribution is 0.145. The molecule has 150 valence electrons. The van der Waals surface area contributed by atoms with Crippen molar-refractivity contribution in [2.24, 2.45) is 0 Å². The third kappa shape index (κ3) is 3.32. The average molecular weight is 404 g/mol. The molecule has 0 radical (unpaired) electrons. The van der Waals surface area contributed by atoms with E-state index in [1.165, 1.54) is 10.9 Å². The summed E-state index contributed by atoms with van der Waals surface area (Å²) >= 11 is 0. The zero-order valence-electron chi connectivity index (χ0n) is 15.9. The zero-order chi connectivity index (χ0) is 21.1. The van der Waals surface area contributed by atoms with E-state index in [4.69, 9.17) is 0 Å². The molecule has 0 fully saturated rings. The number of benzene rings is 3. The average Bonchev–Trinajstić information content (AvgIpc) is 3.23. The highest BCUT2D eigenvalue weighted by Crippen LogP contribution is 2.40. The van der Waals surface area contributed by atoms with Crippen LogP contribution in [0.1, 0.15) is 28.8 Å². The van der Waals surface area contributed by atoms with Crippen LogP contribution in [-0.2, 0) is 5.54 Å². The van der Waals surface area contributed by atoms with Crippen LogP contribution in [0.15, 0.2) is 97.2 Å². The molecule has 4 aromatic rings. The molecule has 1 heterocycles. The van der Waals surface area contributed by atoms with Gasteiger partial charge in [-0.2, -0.15) is 5.10 Å². The predicted molar refractivity (Wildman–Crippen MR) is 112 cm³/mol. The quantitative estimate of drug-likeness (QED) is 0.383. The van der Waals surface area contributed by atoms with Crippen molar-refractivity contribution in [3.63, 3.8) is 0 Å². The summed E-state index contributed by atoms with van der Waals surface area (Å²) in [6.45, 7) is 0. The fraction of sp³-hybridized carbons (Fsp3) is 0.0870. The SMILES string of the molecule is OB(O)c1cn(C(c2ccccc2)(c2ccccc2)c2ccccc2)nc1C(F)F. The van der Waals surface area contributed by atoms with Gasteiger partial charge in [-0.1, -0.05) is 91.0 Å². The van der Waals surface area contributed by atoms with E-state index < -0.39 is 24.8 Å². The minimum atomic E-state index is -2.96. The van der Waals surface area contributed by atoms with E-state index >= 15 is 0 Å². The maximum Gasteiger partial charge on any atom is 0.492 e. The van der Waals surface area contributed by atoms with E-state index in [0.29, 0.717) is 0 Å². The molecule has 0 unspecified atom stereocenters. The highest BCUT2D eigenvalue weighted by Gasteiger charge is 2.41. The highest BCUT2D eigenvalue weighted by molar-refractivity contribution is 6.59. The molecule has 0 spiro atoms. The zero-order valence-corrected chi connectivity index (χ0v) is 15.9. The molecule has 0 aliphatic carbocycles. The first-order valence-electron chi connectivity index (χ1n) is 9.46. The molecular weight excluding hydrogens is 385 g/mol. The van der Waals surface area contributed by atoms with E-state index in [9.17, 15) is 18.8 Å². The van der Waals surface area contributed by atoms with Crippen molar-refractivity contribution < 1.29 is 18.8 Å². The topological polar surface area (TPSA) is 58.3 Å². The Labute approximate surface area is 173 Å². The van der Waals surface area contributed by atoms with Gasteiger partial charge in [0.2, 0.25) is 0 Å². The lowest BCUT2D eigenvalue weighted by Gasteiger charge is -2.36. The summed E-state index contributed by atoms with van der Waals surface area (Å²) < 4.78 is 28.8. The molecule has 3 aromatic carbocycles. The van der Waals surface area contributed by atoms with E-state index in [-0.39, 0.29) is 5.46 Å². The van der Waals surface area contributed by atoms with Crippen LogP contribution in [0.5, 0.6) is 0 Å². The van der Waals surface area contributed by atoms with Crippen molar-refractivity contribution >= 4 is 12.6 Å². The fourth-order valence-electron chi connectivity index (χ4n) is 3.88. The number of hydrogen-bond acceptors (Lipinski definition) is 3. The van der Waals surface area contributed by atoms with Crippen LogP contribution >= 0.6 is 0 Å². The second-order valence-corrected chi connectivity index (χ2v) is 6.90. The van der Waals surface area contributed by atoms with Crippen molar-refractivity contribution in [1.29, 1.82) is 0 Å². The largest absolute Gasteiger partial charge is 0.492 e. The molecule has 0 saturated heterocycles. The Hall–Kier alpha value is -3.29. The van der Waals surface area contributed by atoms with Gasteiger partial charge in [-0.15, -0.1) is 0 Å². The summed E-state index contributed by atoms with van der Waals surface area (Å²) in [7, 11) is -2.07. The van der Waals surface area contributed by atoms with Gasteiger partial charge in [-0.3, -0.25) is 4.68 Å². The molecule has 30 heavy (non-hydrogen) atoms. The van der Waals surface area contributed by atoms with Gasteiger partial charge in [0, 0.05) is 11.7 Å². The first kappa shape index (κ1) is 20.0. The summed E-state index contributed by atoms with van der Waals surface area (Å²) in [5, 5.41) is 23.6. The van der Waals surface area contributed by atoms with E-state index in [1.54, 1.807) is 0 Å². The molecule has 4 rings (SSSR count). The second-order valence-electron chi connectivity index (χ2n) is 6.90. The van der Waals surface area contributed by atoms with Crippen molar-refractivity contribution in [2.75, 3.05) is 0 Å². The summed E-state index contributed by atoms with van der Waals surface area (Å²) in [5.41, 5.74) is 0.314. The van der Waals surface area contributed by atoms with Gasteiger partial charge < -0.3 is 10.0 Å². The van der Waals surface area contributed by atoms with Crippen LogP contribution in [0, 0.1) is 0 Å². The van der Waals surface area contributed by atoms with Gasteiger partial charge in [0.15, 0.2) is 0 Å². The standard InChI is InChI=1S/C23H19BF2N2O2/c25-22(26)21-20(24(29)30)16-28(27-21)23(17-10-4-1-5-11-17,18-12-6-2-7-13-18)19-14-8-3-9-15-19/h1-16,22,29-30H. The summed E-state index contributed by atoms with van der Waals surface area (Å²) in [4.78, 5) is 0. The second kappa shape index (κ2) is 8.22. The molecular formula is C23H19BF2N2O2. The molecule has 0 bridgehead atoms. The van der Waals surface area contributed by atoms with Gasteiger partial charge in [0.05, 0.1) is 0 Å². The van der Waals surface area contributed by atoms with Crippen LogP contribution < -0.4 is 5.46 Å². The van der Waals surface area contributed by atoms with Crippen molar-refractivity contribution in [2.45, 2.75) is 12.0 Å². The number of aromatic nitrogens is 2. The van der Waals surface area contributed by atoms with Crippen LogP contribution in [0.4, 0.5) is 8.78 Å². The predicted octanol–water partition coefficient (Wildman–Crippen LogP) is 3.34. The maximum absolute atomic E-state index is 13.7. The van der Waals surface area contributed by atoms with Crippen LogP contribution in [0.2, 0.25) is 0 Å². The Morgan fingerprint density at radius 1 is 0.733 bits per heavy atom. The summed E-state index contributed by atoms with van der Waals surface area (Å²) in [6, 6.07) is 28.3. The number of hydrogen-bond donors (Lipinski definition) is 2. The molecule has 0 aliphatic heterocycles. The van der Waals surface area contributed by atoms with Crippen molar-refractivity contribution in [3.8, 4) is 0 Å². The first-order valence-corrected chi connectivity index (χ1v) is 9.46. The maximum atomic E-state index is 13.7. The molecule has 0 saturated carbocycles. The number of halogens is 2. The van der Waals surface area contributed by atoms with Gasteiger partial charge >= 0.3 is 7.12 Å². The molecule has 4 nitrogen and oxygen atoms in total. The van der Waals surface area contributed by atoms with Crippen molar-refractivity contribution in [3.05, 3.63) is 120 Å². The fourth-order valence-corrected chi connectivity index (χ4v) is 3.88. The lowest BCUT2D eigenvalue weighted by Crippen LogP contribution is -2.39. The Balaban J connectivity index is 2.13. The minimum absolute atomic E-state index is 0.322. The Morgan fingerprint density at radius 3 is 1.43 bits per heavy atom. The van der Waals surface area contributed by atoms with Crippen LogP contribution in [-0.4, -0.2) is 26.9 Å². The first-order chi connectivity index (χ1) is 14.5. The highest BCUT2D eigenvalue weighted by atomic mass is 19.3. The van der Waals surface area contributed by atoms with E-state index in [0.717, 1.165) is 16.7 Å². The van der Waals surface area contributed by atoms with Gasteiger partial charge in [-0.25, -0.2) is 8.78 Å². The molecule has 0 aliphatic rings. The summed E-state index contributed by atoms with van der Waals surface area (Å²) in [5.74, 6) is 0.